The Kier molecular flexibility index (Phi) is 6.62. The summed E-state index contributed by atoms with van der Waals surface area (Å²) in [5.41, 5.74) is 0.0680. The molecule has 0 saturated carbocycles. The molecule has 1 rings (SSSR count). The minimum absolute atomic E-state index is 0.0132. The van der Waals surface area contributed by atoms with E-state index >= 15 is 0 Å². The largest absolute Gasteiger partial charge is 0.481 e. The first-order valence-electron chi connectivity index (χ1n) is 8.01. The molecule has 0 heterocycles. The molecule has 25 heavy (non-hydrogen) atoms. The van der Waals surface area contributed by atoms with Gasteiger partial charge in [0, 0.05) is 34.1 Å². The summed E-state index contributed by atoms with van der Waals surface area (Å²) >= 11 is 0. The number of carboxylic acids is 1. The van der Waals surface area contributed by atoms with E-state index in [9.17, 15) is 19.2 Å². The van der Waals surface area contributed by atoms with Crippen molar-refractivity contribution in [3.8, 4) is 0 Å². The molecule has 0 saturated heterocycles. The highest BCUT2D eigenvalue weighted by Gasteiger charge is 2.39. The Morgan fingerprint density at radius 3 is 2.28 bits per heavy atom. The van der Waals surface area contributed by atoms with Crippen LogP contribution in [-0.2, 0) is 23.9 Å². The van der Waals surface area contributed by atoms with Gasteiger partial charge in [0.1, 0.15) is 6.61 Å². The van der Waals surface area contributed by atoms with Crippen LogP contribution in [0.3, 0.4) is 0 Å². The molecule has 0 amide bonds. The van der Waals surface area contributed by atoms with Crippen molar-refractivity contribution < 1.29 is 29.0 Å². The van der Waals surface area contributed by atoms with Gasteiger partial charge >= 0.3 is 11.9 Å². The maximum absolute atomic E-state index is 12.7. The van der Waals surface area contributed by atoms with Gasteiger partial charge in [-0.05, 0) is 20.3 Å². The normalized spacial score (nSPS) is 15.5. The van der Waals surface area contributed by atoms with Gasteiger partial charge in [-0.1, -0.05) is 26.5 Å². The number of Topliss-reactive ketones (excluding diaryl/α,β-unsaturated/α-hetero) is 2. The Hall–Kier alpha value is -2.50. The summed E-state index contributed by atoms with van der Waals surface area (Å²) in [5, 5.41) is 9.06. The fourth-order valence-corrected chi connectivity index (χ4v) is 3.04. The number of ketones is 2. The second-order valence-corrected chi connectivity index (χ2v) is 6.69. The van der Waals surface area contributed by atoms with Crippen LogP contribution < -0.4 is 0 Å². The van der Waals surface area contributed by atoms with Crippen molar-refractivity contribution in [2.45, 2.75) is 47.0 Å². The lowest BCUT2D eigenvalue weighted by molar-refractivity contribution is -0.142. The van der Waals surface area contributed by atoms with Gasteiger partial charge in [0.15, 0.2) is 11.6 Å². The zero-order valence-electron chi connectivity index (χ0n) is 15.1. The highest BCUT2D eigenvalue weighted by Crippen LogP contribution is 2.39. The quantitative estimate of drug-likeness (QED) is 0.411. The van der Waals surface area contributed by atoms with Gasteiger partial charge in [-0.15, -0.1) is 0 Å². The van der Waals surface area contributed by atoms with Crippen molar-refractivity contribution in [1.29, 1.82) is 0 Å². The first-order valence-corrected chi connectivity index (χ1v) is 8.01. The fourth-order valence-electron chi connectivity index (χ4n) is 3.04. The van der Waals surface area contributed by atoms with Crippen molar-refractivity contribution in [3.63, 3.8) is 0 Å². The number of rotatable bonds is 8. The highest BCUT2D eigenvalue weighted by atomic mass is 16.5. The lowest BCUT2D eigenvalue weighted by atomic mass is 9.70. The van der Waals surface area contributed by atoms with Crippen LogP contribution in [0, 0.1) is 5.41 Å². The van der Waals surface area contributed by atoms with E-state index in [4.69, 9.17) is 9.84 Å². The summed E-state index contributed by atoms with van der Waals surface area (Å²) in [6.07, 6.45) is 1.29. The maximum Gasteiger partial charge on any atom is 0.306 e. The SMILES string of the molecule is C=CCOC(=O)CCC1=C(C)C(=O)C(C(C)(C)CC(=O)O)=C(C)C1=O. The van der Waals surface area contributed by atoms with E-state index in [2.05, 4.69) is 6.58 Å². The smallest absolute Gasteiger partial charge is 0.306 e. The first-order chi connectivity index (χ1) is 11.5. The maximum atomic E-state index is 12.7. The number of ether oxygens (including phenoxy) is 1. The molecule has 0 fully saturated rings. The Morgan fingerprint density at radius 1 is 1.16 bits per heavy atom. The lowest BCUT2D eigenvalue weighted by Gasteiger charge is -2.31. The van der Waals surface area contributed by atoms with Crippen LogP contribution >= 0.6 is 0 Å². The number of aliphatic carboxylic acids is 1. The van der Waals surface area contributed by atoms with Crippen LogP contribution in [0.5, 0.6) is 0 Å². The summed E-state index contributed by atoms with van der Waals surface area (Å²) in [6.45, 7) is 9.87. The van der Waals surface area contributed by atoms with E-state index in [0.717, 1.165) is 0 Å². The minimum atomic E-state index is -1.04. The number of hydrogen-bond donors (Lipinski definition) is 1. The number of allylic oxidation sites excluding steroid dienone is 4. The molecule has 0 aliphatic heterocycles. The molecule has 0 aromatic carbocycles. The standard InChI is InChI=1S/C19H24O6/c1-6-9-25-15(22)8-7-13-11(2)18(24)16(12(3)17(13)23)19(4,5)10-14(20)21/h6H,1,7-10H2,2-5H3,(H,20,21). The fraction of sp³-hybridized carbons (Fsp3) is 0.474. The Morgan fingerprint density at radius 2 is 1.76 bits per heavy atom. The van der Waals surface area contributed by atoms with E-state index in [0.29, 0.717) is 0 Å². The average Bonchev–Trinajstić information content (AvgIpc) is 2.49. The molecule has 0 atom stereocenters. The molecular weight excluding hydrogens is 324 g/mol. The van der Waals surface area contributed by atoms with Crippen molar-refractivity contribution in [1.82, 2.24) is 0 Å². The first kappa shape index (κ1) is 20.5. The number of carbonyl (C=O) groups is 4. The van der Waals surface area contributed by atoms with Crippen LogP contribution in [0.4, 0.5) is 0 Å². The molecule has 136 valence electrons. The van der Waals surface area contributed by atoms with Gasteiger partial charge < -0.3 is 9.84 Å². The average molecular weight is 348 g/mol. The van der Waals surface area contributed by atoms with Gasteiger partial charge in [-0.25, -0.2) is 0 Å². The van der Waals surface area contributed by atoms with Gasteiger partial charge in [-0.3, -0.25) is 19.2 Å². The second-order valence-electron chi connectivity index (χ2n) is 6.69. The summed E-state index contributed by atoms with van der Waals surface area (Å²) in [6, 6.07) is 0. The van der Waals surface area contributed by atoms with Crippen molar-refractivity contribution in [2.24, 2.45) is 5.41 Å². The highest BCUT2D eigenvalue weighted by molar-refractivity contribution is 6.25. The molecule has 0 radical (unpaired) electrons. The molecular formula is C19H24O6. The third-order valence-electron chi connectivity index (χ3n) is 4.22. The van der Waals surface area contributed by atoms with Crippen LogP contribution in [-0.4, -0.2) is 35.2 Å². The Labute approximate surface area is 147 Å². The summed E-state index contributed by atoms with van der Waals surface area (Å²) < 4.78 is 4.87. The van der Waals surface area contributed by atoms with Crippen LogP contribution in [0.15, 0.2) is 34.9 Å². The number of carboxylic acid groups (broad SMARTS) is 1. The number of hydrogen-bond acceptors (Lipinski definition) is 5. The Bertz CT molecular complexity index is 691. The predicted octanol–water partition coefficient (Wildman–Crippen LogP) is 2.78. The van der Waals surface area contributed by atoms with E-state index < -0.39 is 17.4 Å². The Balaban J connectivity index is 3.07. The van der Waals surface area contributed by atoms with Gasteiger partial charge in [0.2, 0.25) is 0 Å². The molecule has 1 aliphatic carbocycles. The summed E-state index contributed by atoms with van der Waals surface area (Å²) in [5.74, 6) is -2.16. The van der Waals surface area contributed by atoms with Crippen molar-refractivity contribution >= 4 is 23.5 Å². The molecule has 1 aliphatic rings. The number of carbonyl (C=O) groups excluding carboxylic acids is 3. The predicted molar refractivity (Wildman–Crippen MR) is 91.8 cm³/mol. The van der Waals surface area contributed by atoms with Crippen LogP contribution in [0.25, 0.3) is 0 Å². The van der Waals surface area contributed by atoms with Crippen LogP contribution in [0.1, 0.15) is 47.0 Å². The van der Waals surface area contributed by atoms with Gasteiger partial charge in [-0.2, -0.15) is 0 Å². The van der Waals surface area contributed by atoms with Crippen molar-refractivity contribution in [2.75, 3.05) is 6.61 Å². The third-order valence-corrected chi connectivity index (χ3v) is 4.22. The second kappa shape index (κ2) is 8.05. The van der Waals surface area contributed by atoms with Gasteiger partial charge in [0.05, 0.1) is 6.42 Å². The molecule has 6 nitrogen and oxygen atoms in total. The monoisotopic (exact) mass is 348 g/mol. The summed E-state index contributed by atoms with van der Waals surface area (Å²) in [7, 11) is 0. The van der Waals surface area contributed by atoms with Crippen LogP contribution in [0.2, 0.25) is 0 Å². The van der Waals surface area contributed by atoms with Crippen molar-refractivity contribution in [3.05, 3.63) is 34.9 Å². The minimum Gasteiger partial charge on any atom is -0.481 e. The molecule has 0 spiro atoms. The van der Waals surface area contributed by atoms with Gasteiger partial charge in [0.25, 0.3) is 0 Å². The lowest BCUT2D eigenvalue weighted by Crippen LogP contribution is -2.32. The van der Waals surface area contributed by atoms with E-state index in [1.54, 1.807) is 13.8 Å². The zero-order chi connectivity index (χ0) is 19.4. The molecule has 0 unspecified atom stereocenters. The molecule has 1 N–H and O–H groups in total. The number of esters is 1. The summed E-state index contributed by atoms with van der Waals surface area (Å²) in [4.78, 5) is 48.1. The van der Waals surface area contributed by atoms with E-state index in [-0.39, 0.29) is 59.7 Å². The third kappa shape index (κ3) is 4.75. The molecule has 6 heteroatoms. The zero-order valence-corrected chi connectivity index (χ0v) is 15.1. The molecule has 0 aromatic heterocycles. The van der Waals surface area contributed by atoms with E-state index in [1.165, 1.54) is 19.9 Å². The van der Waals surface area contributed by atoms with E-state index in [1.807, 2.05) is 0 Å². The topological polar surface area (TPSA) is 97.7 Å². The molecule has 0 aromatic rings. The molecule has 0 bridgehead atoms.